The van der Waals surface area contributed by atoms with Gasteiger partial charge in [-0.3, -0.25) is 4.68 Å². The van der Waals surface area contributed by atoms with Crippen LogP contribution < -0.4 is 0 Å². The second-order valence-electron chi connectivity index (χ2n) is 6.54. The Kier molecular flexibility index (Phi) is 2.75. The van der Waals surface area contributed by atoms with Crippen molar-refractivity contribution in [2.45, 2.75) is 33.1 Å². The van der Waals surface area contributed by atoms with Crippen molar-refractivity contribution in [1.82, 2.24) is 14.8 Å². The van der Waals surface area contributed by atoms with E-state index in [0.29, 0.717) is 0 Å². The zero-order chi connectivity index (χ0) is 14.5. The Bertz CT molecular complexity index is 769. The van der Waals surface area contributed by atoms with Gasteiger partial charge in [0.2, 0.25) is 0 Å². The van der Waals surface area contributed by atoms with E-state index < -0.39 is 0 Å². The first kappa shape index (κ1) is 13.0. The van der Waals surface area contributed by atoms with Crippen molar-refractivity contribution in [3.63, 3.8) is 0 Å². The van der Waals surface area contributed by atoms with E-state index in [1.165, 1.54) is 27.7 Å². The molecule has 0 aliphatic heterocycles. The summed E-state index contributed by atoms with van der Waals surface area (Å²) < 4.78 is 1.83. The number of hydrogen-bond donors (Lipinski definition) is 1. The number of aromatic amines is 1. The number of rotatable bonds is 1. The first-order chi connectivity index (χ1) is 9.36. The zero-order valence-electron chi connectivity index (χ0n) is 12.8. The first-order valence-electron chi connectivity index (χ1n) is 6.98. The molecule has 0 fully saturated rings. The van der Waals surface area contributed by atoms with Gasteiger partial charge < -0.3 is 4.98 Å². The maximum absolute atomic E-state index is 4.24. The molecule has 3 rings (SSSR count). The lowest BCUT2D eigenvalue weighted by Crippen LogP contribution is -2.11. The van der Waals surface area contributed by atoms with Gasteiger partial charge in [0.05, 0.1) is 6.20 Å². The molecule has 0 saturated heterocycles. The highest BCUT2D eigenvalue weighted by Gasteiger charge is 2.21. The van der Waals surface area contributed by atoms with Crippen LogP contribution in [-0.2, 0) is 12.5 Å². The smallest absolute Gasteiger partial charge is 0.0568 e. The molecule has 1 aromatic carbocycles. The van der Waals surface area contributed by atoms with E-state index in [1.54, 1.807) is 0 Å². The molecular weight excluding hydrogens is 246 g/mol. The van der Waals surface area contributed by atoms with Gasteiger partial charge in [0.1, 0.15) is 0 Å². The van der Waals surface area contributed by atoms with Gasteiger partial charge in [0.15, 0.2) is 0 Å². The molecule has 0 radical (unpaired) electrons. The Morgan fingerprint density at radius 3 is 2.50 bits per heavy atom. The van der Waals surface area contributed by atoms with E-state index in [1.807, 2.05) is 24.1 Å². The van der Waals surface area contributed by atoms with Crippen LogP contribution in [0, 0.1) is 6.92 Å². The summed E-state index contributed by atoms with van der Waals surface area (Å²) in [7, 11) is 1.94. The van der Waals surface area contributed by atoms with Crippen LogP contribution in [0.25, 0.3) is 22.0 Å². The minimum absolute atomic E-state index is 0.151. The van der Waals surface area contributed by atoms with Crippen LogP contribution in [0.3, 0.4) is 0 Å². The van der Waals surface area contributed by atoms with Crippen LogP contribution in [0.2, 0.25) is 0 Å². The van der Waals surface area contributed by atoms with Crippen LogP contribution in [0.4, 0.5) is 0 Å². The number of aryl methyl sites for hydroxylation is 2. The number of fused-ring (bicyclic) bond motifs is 1. The second kappa shape index (κ2) is 4.23. The molecule has 0 atom stereocenters. The molecule has 0 amide bonds. The molecule has 20 heavy (non-hydrogen) atoms. The summed E-state index contributed by atoms with van der Waals surface area (Å²) in [6.07, 6.45) is 3.95. The molecule has 3 nitrogen and oxygen atoms in total. The minimum atomic E-state index is 0.151. The van der Waals surface area contributed by atoms with Gasteiger partial charge in [-0.25, -0.2) is 0 Å². The predicted octanol–water partition coefficient (Wildman–Crippen LogP) is 4.17. The van der Waals surface area contributed by atoms with E-state index in [9.17, 15) is 0 Å². The van der Waals surface area contributed by atoms with Gasteiger partial charge in [-0.05, 0) is 29.5 Å². The van der Waals surface area contributed by atoms with Crippen molar-refractivity contribution in [2.75, 3.05) is 0 Å². The highest BCUT2D eigenvalue weighted by atomic mass is 15.2. The SMILES string of the molecule is Cc1[nH]c2cc(-c3cnn(C)c3)ccc2c1C(C)(C)C. The molecule has 0 unspecified atom stereocenters. The van der Waals surface area contributed by atoms with Gasteiger partial charge in [0, 0.05) is 35.4 Å². The summed E-state index contributed by atoms with van der Waals surface area (Å²) in [6.45, 7) is 8.94. The Hall–Kier alpha value is -2.03. The van der Waals surface area contributed by atoms with Gasteiger partial charge in [0.25, 0.3) is 0 Å². The average Bonchev–Trinajstić information content (AvgIpc) is 2.89. The highest BCUT2D eigenvalue weighted by Crippen LogP contribution is 2.34. The molecule has 2 heterocycles. The topological polar surface area (TPSA) is 33.6 Å². The summed E-state index contributed by atoms with van der Waals surface area (Å²) in [5, 5.41) is 5.56. The lowest BCUT2D eigenvalue weighted by Gasteiger charge is -2.19. The summed E-state index contributed by atoms with van der Waals surface area (Å²) in [5.41, 5.74) is 6.37. The lowest BCUT2D eigenvalue weighted by molar-refractivity contribution is 0.591. The fraction of sp³-hybridized carbons (Fsp3) is 0.353. The third-order valence-corrected chi connectivity index (χ3v) is 3.77. The maximum Gasteiger partial charge on any atom is 0.0568 e. The fourth-order valence-corrected chi connectivity index (χ4v) is 3.05. The largest absolute Gasteiger partial charge is 0.358 e. The van der Waals surface area contributed by atoms with Crippen LogP contribution >= 0.6 is 0 Å². The Balaban J connectivity index is 2.19. The van der Waals surface area contributed by atoms with Crippen molar-refractivity contribution >= 4 is 10.9 Å². The van der Waals surface area contributed by atoms with Crippen molar-refractivity contribution in [3.8, 4) is 11.1 Å². The van der Waals surface area contributed by atoms with Gasteiger partial charge in [-0.2, -0.15) is 5.10 Å². The Morgan fingerprint density at radius 2 is 1.90 bits per heavy atom. The monoisotopic (exact) mass is 267 g/mol. The Labute approximate surface area is 119 Å². The quantitative estimate of drug-likeness (QED) is 0.705. The van der Waals surface area contributed by atoms with Crippen LogP contribution in [0.1, 0.15) is 32.0 Å². The lowest BCUT2D eigenvalue weighted by atomic mass is 9.85. The van der Waals surface area contributed by atoms with Crippen molar-refractivity contribution in [1.29, 1.82) is 0 Å². The second-order valence-corrected chi connectivity index (χ2v) is 6.54. The van der Waals surface area contributed by atoms with Crippen LogP contribution in [-0.4, -0.2) is 14.8 Å². The molecule has 0 aliphatic carbocycles. The number of nitrogens with zero attached hydrogens (tertiary/aromatic N) is 2. The summed E-state index contributed by atoms with van der Waals surface area (Å²) in [4.78, 5) is 3.52. The predicted molar refractivity (Wildman–Crippen MR) is 83.9 cm³/mol. The van der Waals surface area contributed by atoms with Gasteiger partial charge >= 0.3 is 0 Å². The normalized spacial score (nSPS) is 12.2. The highest BCUT2D eigenvalue weighted by molar-refractivity contribution is 5.89. The molecule has 0 aliphatic rings. The van der Waals surface area contributed by atoms with Crippen molar-refractivity contribution < 1.29 is 0 Å². The molecular formula is C17H21N3. The standard InChI is InChI=1S/C17H21N3/c1-11-16(17(2,3)4)14-7-6-12(8-15(14)19-11)13-9-18-20(5)10-13/h6-10,19H,1-5H3. The average molecular weight is 267 g/mol. The summed E-state index contributed by atoms with van der Waals surface area (Å²) >= 11 is 0. The van der Waals surface area contributed by atoms with E-state index >= 15 is 0 Å². The molecule has 1 N–H and O–H groups in total. The third kappa shape index (κ3) is 2.03. The number of benzene rings is 1. The molecule has 104 valence electrons. The van der Waals surface area contributed by atoms with E-state index in [-0.39, 0.29) is 5.41 Å². The fourth-order valence-electron chi connectivity index (χ4n) is 3.05. The van der Waals surface area contributed by atoms with Gasteiger partial charge in [-0.15, -0.1) is 0 Å². The summed E-state index contributed by atoms with van der Waals surface area (Å²) in [6, 6.07) is 6.62. The molecule has 0 spiro atoms. The molecule has 0 saturated carbocycles. The van der Waals surface area contributed by atoms with E-state index in [2.05, 4.69) is 56.0 Å². The van der Waals surface area contributed by atoms with E-state index in [4.69, 9.17) is 0 Å². The van der Waals surface area contributed by atoms with E-state index in [0.717, 1.165) is 5.56 Å². The number of H-pyrrole nitrogens is 1. The molecule has 3 aromatic rings. The van der Waals surface area contributed by atoms with Crippen LogP contribution in [0.5, 0.6) is 0 Å². The molecule has 3 heteroatoms. The Morgan fingerprint density at radius 1 is 1.15 bits per heavy atom. The minimum Gasteiger partial charge on any atom is -0.358 e. The maximum atomic E-state index is 4.24. The third-order valence-electron chi connectivity index (χ3n) is 3.77. The van der Waals surface area contributed by atoms with Gasteiger partial charge in [-0.1, -0.05) is 32.9 Å². The van der Waals surface area contributed by atoms with Crippen molar-refractivity contribution in [2.24, 2.45) is 7.05 Å². The molecule has 2 aromatic heterocycles. The number of nitrogens with one attached hydrogen (secondary N) is 1. The summed E-state index contributed by atoms with van der Waals surface area (Å²) in [5.74, 6) is 0. The number of aromatic nitrogens is 3. The van der Waals surface area contributed by atoms with Crippen molar-refractivity contribution in [3.05, 3.63) is 41.9 Å². The number of hydrogen-bond acceptors (Lipinski definition) is 1. The zero-order valence-corrected chi connectivity index (χ0v) is 12.8. The first-order valence-corrected chi connectivity index (χ1v) is 6.98. The molecule has 0 bridgehead atoms. The van der Waals surface area contributed by atoms with Crippen LogP contribution in [0.15, 0.2) is 30.6 Å².